The first-order valence-corrected chi connectivity index (χ1v) is 10.7. The standard InChI is InChI=1S/C25H27F4NO3/c1-14(18-10-9-17(26)13-20(18)25(27,28)29)21(31)12-16-11-15-7-5-6-8-19(15)22(16)30-23(32)33-24(2,3)4/h5-10,13-14,16,22H,11-12H2,1-4H3,(H,30,32)/t14?,16-,22-/m1/s1. The molecule has 0 saturated carbocycles. The van der Waals surface area contributed by atoms with Gasteiger partial charge in [-0.25, -0.2) is 9.18 Å². The maximum absolute atomic E-state index is 13.5. The molecule has 0 radical (unpaired) electrons. The summed E-state index contributed by atoms with van der Waals surface area (Å²) in [5.74, 6) is -2.87. The highest BCUT2D eigenvalue weighted by molar-refractivity contribution is 5.86. The number of halogens is 4. The predicted octanol–water partition coefficient (Wildman–Crippen LogP) is 6.35. The van der Waals surface area contributed by atoms with Gasteiger partial charge in [-0.15, -0.1) is 0 Å². The van der Waals surface area contributed by atoms with Gasteiger partial charge >= 0.3 is 12.3 Å². The molecule has 0 spiro atoms. The molecule has 0 bridgehead atoms. The van der Waals surface area contributed by atoms with Crippen LogP contribution in [-0.4, -0.2) is 17.5 Å². The van der Waals surface area contributed by atoms with Gasteiger partial charge in [0.2, 0.25) is 0 Å². The summed E-state index contributed by atoms with van der Waals surface area (Å²) >= 11 is 0. The van der Waals surface area contributed by atoms with Crippen LogP contribution in [0.4, 0.5) is 22.4 Å². The third-order valence-corrected chi connectivity index (χ3v) is 5.75. The van der Waals surface area contributed by atoms with Crippen molar-refractivity contribution < 1.29 is 31.9 Å². The average Bonchev–Trinajstić information content (AvgIpc) is 3.02. The summed E-state index contributed by atoms with van der Waals surface area (Å²) in [6, 6.07) is 9.27. The number of hydrogen-bond acceptors (Lipinski definition) is 3. The van der Waals surface area contributed by atoms with E-state index in [1.54, 1.807) is 20.8 Å². The topological polar surface area (TPSA) is 55.4 Å². The lowest BCUT2D eigenvalue weighted by Crippen LogP contribution is -2.37. The highest BCUT2D eigenvalue weighted by Gasteiger charge is 2.39. The van der Waals surface area contributed by atoms with Gasteiger partial charge in [-0.05, 0) is 61.9 Å². The highest BCUT2D eigenvalue weighted by Crippen LogP contribution is 2.41. The van der Waals surface area contributed by atoms with Crippen molar-refractivity contribution in [2.24, 2.45) is 5.92 Å². The molecule has 0 saturated heterocycles. The zero-order valence-electron chi connectivity index (χ0n) is 18.9. The van der Waals surface area contributed by atoms with E-state index >= 15 is 0 Å². The number of ether oxygens (including phenoxy) is 1. The monoisotopic (exact) mass is 465 g/mol. The molecular formula is C25H27F4NO3. The Hall–Kier alpha value is -2.90. The Kier molecular flexibility index (Phi) is 6.86. The van der Waals surface area contributed by atoms with Crippen molar-refractivity contribution in [3.05, 3.63) is 70.5 Å². The number of alkyl carbamates (subject to hydrolysis) is 1. The molecule has 4 nitrogen and oxygen atoms in total. The fourth-order valence-corrected chi connectivity index (χ4v) is 4.26. The van der Waals surface area contributed by atoms with Crippen LogP contribution in [0.1, 0.15) is 68.3 Å². The lowest BCUT2D eigenvalue weighted by atomic mass is 9.85. The van der Waals surface area contributed by atoms with E-state index in [0.717, 1.165) is 23.3 Å². The van der Waals surface area contributed by atoms with E-state index in [2.05, 4.69) is 5.32 Å². The number of amides is 1. The Labute approximate surface area is 190 Å². The van der Waals surface area contributed by atoms with Crippen LogP contribution in [-0.2, 0) is 22.1 Å². The van der Waals surface area contributed by atoms with Crippen LogP contribution >= 0.6 is 0 Å². The summed E-state index contributed by atoms with van der Waals surface area (Å²) in [5.41, 5.74) is -0.311. The second-order valence-electron chi connectivity index (χ2n) is 9.41. The molecule has 8 heteroatoms. The lowest BCUT2D eigenvalue weighted by Gasteiger charge is -2.26. The number of alkyl halides is 3. The van der Waals surface area contributed by atoms with Crippen molar-refractivity contribution in [3.8, 4) is 0 Å². The zero-order chi connectivity index (χ0) is 24.6. The number of nitrogens with one attached hydrogen (secondary N) is 1. The minimum absolute atomic E-state index is 0.0506. The molecule has 1 unspecified atom stereocenters. The van der Waals surface area contributed by atoms with Crippen molar-refractivity contribution in [2.45, 2.75) is 64.3 Å². The zero-order valence-corrected chi connectivity index (χ0v) is 18.9. The van der Waals surface area contributed by atoms with Crippen molar-refractivity contribution in [3.63, 3.8) is 0 Å². The van der Waals surface area contributed by atoms with Crippen LogP contribution in [0.2, 0.25) is 0 Å². The molecule has 1 aliphatic carbocycles. The average molecular weight is 465 g/mol. The van der Waals surface area contributed by atoms with Gasteiger partial charge in [-0.2, -0.15) is 13.2 Å². The molecule has 1 N–H and O–H groups in total. The minimum atomic E-state index is -4.78. The normalized spacial score (nSPS) is 19.0. The van der Waals surface area contributed by atoms with Crippen LogP contribution in [0, 0.1) is 11.7 Å². The summed E-state index contributed by atoms with van der Waals surface area (Å²) in [6.45, 7) is 6.60. The Morgan fingerprint density at radius 1 is 1.12 bits per heavy atom. The van der Waals surface area contributed by atoms with E-state index in [-0.39, 0.29) is 17.9 Å². The second kappa shape index (κ2) is 9.15. The van der Waals surface area contributed by atoms with E-state index in [1.807, 2.05) is 24.3 Å². The van der Waals surface area contributed by atoms with Gasteiger partial charge in [0.1, 0.15) is 17.2 Å². The fourth-order valence-electron chi connectivity index (χ4n) is 4.26. The molecule has 2 aromatic rings. The number of carbonyl (C=O) groups is 2. The SMILES string of the molecule is CC(C(=O)C[C@H]1Cc2ccccc2[C@@H]1NC(=O)OC(C)(C)C)c1ccc(F)cc1C(F)(F)F. The van der Waals surface area contributed by atoms with E-state index in [4.69, 9.17) is 4.74 Å². The van der Waals surface area contributed by atoms with Gasteiger partial charge in [0.05, 0.1) is 11.6 Å². The fraction of sp³-hybridized carbons (Fsp3) is 0.440. The molecule has 0 aromatic heterocycles. The van der Waals surface area contributed by atoms with Crippen LogP contribution in [0.25, 0.3) is 0 Å². The first-order chi connectivity index (χ1) is 15.3. The van der Waals surface area contributed by atoms with Crippen molar-refractivity contribution in [2.75, 3.05) is 0 Å². The Bertz CT molecular complexity index is 1040. The largest absolute Gasteiger partial charge is 0.444 e. The third kappa shape index (κ3) is 5.92. The number of fused-ring (bicyclic) bond motifs is 1. The number of benzene rings is 2. The maximum atomic E-state index is 13.5. The molecule has 1 aliphatic rings. The van der Waals surface area contributed by atoms with Gasteiger partial charge in [-0.1, -0.05) is 37.3 Å². The van der Waals surface area contributed by atoms with Gasteiger partial charge < -0.3 is 10.1 Å². The number of ketones is 1. The summed E-state index contributed by atoms with van der Waals surface area (Å²) in [5, 5.41) is 2.83. The van der Waals surface area contributed by atoms with Crippen molar-refractivity contribution in [1.82, 2.24) is 5.32 Å². The molecule has 33 heavy (non-hydrogen) atoms. The van der Waals surface area contributed by atoms with Gasteiger partial charge in [0, 0.05) is 12.3 Å². The molecule has 1 amide bonds. The maximum Gasteiger partial charge on any atom is 0.416 e. The predicted molar refractivity (Wildman–Crippen MR) is 115 cm³/mol. The molecule has 3 atom stereocenters. The first kappa shape index (κ1) is 24.7. The number of hydrogen-bond donors (Lipinski definition) is 1. The summed E-state index contributed by atoms with van der Waals surface area (Å²) < 4.78 is 59.1. The van der Waals surface area contributed by atoms with Gasteiger partial charge in [0.15, 0.2) is 0 Å². The molecule has 3 rings (SSSR count). The molecule has 0 fully saturated rings. The van der Waals surface area contributed by atoms with E-state index < -0.39 is 47.0 Å². The minimum Gasteiger partial charge on any atom is -0.444 e. The smallest absolute Gasteiger partial charge is 0.416 e. The Morgan fingerprint density at radius 3 is 2.42 bits per heavy atom. The highest BCUT2D eigenvalue weighted by atomic mass is 19.4. The molecular weight excluding hydrogens is 438 g/mol. The van der Waals surface area contributed by atoms with Crippen LogP contribution < -0.4 is 5.32 Å². The molecule has 178 valence electrons. The third-order valence-electron chi connectivity index (χ3n) is 5.75. The summed E-state index contributed by atoms with van der Waals surface area (Å²) in [6.07, 6.45) is -4.97. The summed E-state index contributed by atoms with van der Waals surface area (Å²) in [7, 11) is 0. The first-order valence-electron chi connectivity index (χ1n) is 10.7. The Morgan fingerprint density at radius 2 is 1.79 bits per heavy atom. The Balaban J connectivity index is 1.83. The molecule has 0 heterocycles. The number of rotatable bonds is 5. The number of Topliss-reactive ketones (excluding diaryl/α,β-unsaturated/α-hetero) is 1. The summed E-state index contributed by atoms with van der Waals surface area (Å²) in [4.78, 5) is 25.5. The van der Waals surface area contributed by atoms with E-state index in [1.165, 1.54) is 6.92 Å². The van der Waals surface area contributed by atoms with Crippen LogP contribution in [0.3, 0.4) is 0 Å². The van der Waals surface area contributed by atoms with Gasteiger partial charge in [0.25, 0.3) is 0 Å². The van der Waals surface area contributed by atoms with E-state index in [0.29, 0.717) is 12.5 Å². The molecule has 0 aliphatic heterocycles. The van der Waals surface area contributed by atoms with Crippen molar-refractivity contribution in [1.29, 1.82) is 0 Å². The second-order valence-corrected chi connectivity index (χ2v) is 9.41. The lowest BCUT2D eigenvalue weighted by molar-refractivity contribution is -0.138. The number of carbonyl (C=O) groups excluding carboxylic acids is 2. The van der Waals surface area contributed by atoms with Crippen LogP contribution in [0.5, 0.6) is 0 Å². The quantitative estimate of drug-likeness (QED) is 0.524. The van der Waals surface area contributed by atoms with E-state index in [9.17, 15) is 27.2 Å². The van der Waals surface area contributed by atoms with Crippen LogP contribution in [0.15, 0.2) is 42.5 Å². The van der Waals surface area contributed by atoms with Gasteiger partial charge in [-0.3, -0.25) is 4.79 Å². The molecule has 2 aromatic carbocycles. The van der Waals surface area contributed by atoms with Crippen molar-refractivity contribution >= 4 is 11.9 Å².